The Balaban J connectivity index is 2.73. The molecule has 0 unspecified atom stereocenters. The average Bonchev–Trinajstić information content (AvgIpc) is 2.28. The van der Waals surface area contributed by atoms with Gasteiger partial charge in [0, 0.05) is 5.39 Å². The van der Waals surface area contributed by atoms with E-state index in [1.54, 1.807) is 25.3 Å². The van der Waals surface area contributed by atoms with Gasteiger partial charge < -0.3 is 10.5 Å². The van der Waals surface area contributed by atoms with Crippen LogP contribution in [0.5, 0.6) is 5.75 Å². The topological polar surface area (TPSA) is 78.1 Å². The Morgan fingerprint density at radius 3 is 2.87 bits per heavy atom. The van der Waals surface area contributed by atoms with Gasteiger partial charge in [-0.3, -0.25) is 4.79 Å². The number of nitrogen functional groups attached to an aromatic ring is 1. The summed E-state index contributed by atoms with van der Waals surface area (Å²) in [6.45, 7) is 0. The number of rotatable bonds is 2. The van der Waals surface area contributed by atoms with E-state index in [2.05, 4.69) is 9.97 Å². The van der Waals surface area contributed by atoms with Gasteiger partial charge in [-0.2, -0.15) is 0 Å². The minimum Gasteiger partial charge on any atom is -0.497 e. The maximum absolute atomic E-state index is 10.5. The largest absolute Gasteiger partial charge is 0.497 e. The monoisotopic (exact) mass is 203 g/mol. The fourth-order valence-electron chi connectivity index (χ4n) is 1.33. The zero-order chi connectivity index (χ0) is 10.8. The maximum atomic E-state index is 10.5. The van der Waals surface area contributed by atoms with Gasteiger partial charge >= 0.3 is 0 Å². The molecule has 0 aliphatic carbocycles. The molecular weight excluding hydrogens is 194 g/mol. The van der Waals surface area contributed by atoms with Crippen LogP contribution in [-0.4, -0.2) is 23.4 Å². The van der Waals surface area contributed by atoms with Crippen LogP contribution in [0.25, 0.3) is 10.9 Å². The first kappa shape index (κ1) is 9.39. The number of ether oxygens (including phenoxy) is 1. The molecule has 2 N–H and O–H groups in total. The molecular formula is C10H9N3O2. The van der Waals surface area contributed by atoms with Crippen LogP contribution < -0.4 is 10.5 Å². The lowest BCUT2D eigenvalue weighted by molar-refractivity contribution is 0.111. The van der Waals surface area contributed by atoms with Crippen molar-refractivity contribution in [2.45, 2.75) is 0 Å². The molecule has 1 aromatic heterocycles. The molecule has 0 saturated carbocycles. The summed E-state index contributed by atoms with van der Waals surface area (Å²) < 4.78 is 5.05. The first-order chi connectivity index (χ1) is 7.24. The third kappa shape index (κ3) is 1.59. The molecule has 0 fully saturated rings. The molecule has 15 heavy (non-hydrogen) atoms. The molecule has 2 aromatic rings. The van der Waals surface area contributed by atoms with Crippen molar-refractivity contribution in [2.24, 2.45) is 0 Å². The highest BCUT2D eigenvalue weighted by atomic mass is 16.5. The van der Waals surface area contributed by atoms with Gasteiger partial charge in [-0.25, -0.2) is 9.97 Å². The smallest absolute Gasteiger partial charge is 0.195 e. The van der Waals surface area contributed by atoms with Crippen molar-refractivity contribution in [3.63, 3.8) is 0 Å². The fourth-order valence-corrected chi connectivity index (χ4v) is 1.33. The molecule has 0 radical (unpaired) electrons. The molecule has 0 amide bonds. The third-order valence-electron chi connectivity index (χ3n) is 2.06. The van der Waals surface area contributed by atoms with E-state index in [1.807, 2.05) is 0 Å². The van der Waals surface area contributed by atoms with Gasteiger partial charge in [0.25, 0.3) is 0 Å². The quantitative estimate of drug-likeness (QED) is 0.737. The zero-order valence-corrected chi connectivity index (χ0v) is 8.10. The summed E-state index contributed by atoms with van der Waals surface area (Å²) in [4.78, 5) is 18.4. The van der Waals surface area contributed by atoms with Crippen molar-refractivity contribution in [2.75, 3.05) is 12.8 Å². The van der Waals surface area contributed by atoms with Crippen molar-refractivity contribution in [3.05, 3.63) is 24.0 Å². The lowest BCUT2D eigenvalue weighted by Crippen LogP contribution is -2.00. The molecule has 1 heterocycles. The SMILES string of the molecule is COc1ccc2nc(C=O)nc(N)c2c1. The van der Waals surface area contributed by atoms with Crippen LogP contribution in [0, 0.1) is 0 Å². The Hall–Kier alpha value is -2.17. The number of hydrogen-bond donors (Lipinski definition) is 1. The second-order valence-corrected chi connectivity index (χ2v) is 2.97. The fraction of sp³-hybridized carbons (Fsp3) is 0.100. The van der Waals surface area contributed by atoms with Gasteiger partial charge in [-0.05, 0) is 18.2 Å². The molecule has 76 valence electrons. The molecule has 5 heteroatoms. The molecule has 0 atom stereocenters. The van der Waals surface area contributed by atoms with Gasteiger partial charge in [-0.15, -0.1) is 0 Å². The number of benzene rings is 1. The summed E-state index contributed by atoms with van der Waals surface area (Å²) >= 11 is 0. The summed E-state index contributed by atoms with van der Waals surface area (Å²) in [7, 11) is 1.57. The number of nitrogens with zero attached hydrogens (tertiary/aromatic N) is 2. The van der Waals surface area contributed by atoms with Crippen LogP contribution in [0.4, 0.5) is 5.82 Å². The number of methoxy groups -OCH3 is 1. The zero-order valence-electron chi connectivity index (χ0n) is 8.10. The standard InChI is InChI=1S/C10H9N3O2/c1-15-6-2-3-8-7(4-6)10(11)13-9(5-14)12-8/h2-5H,1H3,(H2,11,12,13). The molecule has 2 rings (SSSR count). The van der Waals surface area contributed by atoms with Crippen LogP contribution in [0.3, 0.4) is 0 Å². The van der Waals surface area contributed by atoms with Crippen LogP contribution in [0.15, 0.2) is 18.2 Å². The number of anilines is 1. The highest BCUT2D eigenvalue weighted by molar-refractivity contribution is 5.91. The van der Waals surface area contributed by atoms with E-state index in [0.29, 0.717) is 22.9 Å². The number of carbonyl (C=O) groups is 1. The summed E-state index contributed by atoms with van der Waals surface area (Å²) in [5, 5.41) is 0.681. The Kier molecular flexibility index (Phi) is 2.21. The van der Waals surface area contributed by atoms with Crippen molar-refractivity contribution >= 4 is 23.0 Å². The molecule has 5 nitrogen and oxygen atoms in total. The second kappa shape index (κ2) is 3.53. The molecule has 0 saturated heterocycles. The lowest BCUT2D eigenvalue weighted by Gasteiger charge is -2.04. The third-order valence-corrected chi connectivity index (χ3v) is 2.06. The highest BCUT2D eigenvalue weighted by Crippen LogP contribution is 2.22. The van der Waals surface area contributed by atoms with Crippen LogP contribution >= 0.6 is 0 Å². The van der Waals surface area contributed by atoms with Crippen molar-refractivity contribution < 1.29 is 9.53 Å². The Morgan fingerprint density at radius 1 is 1.40 bits per heavy atom. The van der Waals surface area contributed by atoms with Crippen molar-refractivity contribution in [1.82, 2.24) is 9.97 Å². The van der Waals surface area contributed by atoms with E-state index in [4.69, 9.17) is 10.5 Å². The van der Waals surface area contributed by atoms with Crippen molar-refractivity contribution in [3.8, 4) is 5.75 Å². The second-order valence-electron chi connectivity index (χ2n) is 2.97. The predicted molar refractivity (Wildman–Crippen MR) is 55.9 cm³/mol. The number of carbonyl (C=O) groups excluding carboxylic acids is 1. The molecule has 1 aromatic carbocycles. The van der Waals surface area contributed by atoms with Gasteiger partial charge in [-0.1, -0.05) is 0 Å². The molecule has 0 spiro atoms. The Labute approximate surface area is 85.9 Å². The van der Waals surface area contributed by atoms with E-state index in [9.17, 15) is 4.79 Å². The Bertz CT molecular complexity index is 525. The molecule has 0 aliphatic heterocycles. The average molecular weight is 203 g/mol. The number of aromatic nitrogens is 2. The number of hydrogen-bond acceptors (Lipinski definition) is 5. The summed E-state index contributed by atoms with van der Waals surface area (Å²) in [5.74, 6) is 1.04. The summed E-state index contributed by atoms with van der Waals surface area (Å²) in [5.41, 5.74) is 6.32. The molecule has 0 bridgehead atoms. The first-order valence-electron chi connectivity index (χ1n) is 4.31. The highest BCUT2D eigenvalue weighted by Gasteiger charge is 2.05. The number of aldehydes is 1. The first-order valence-corrected chi connectivity index (χ1v) is 4.31. The normalized spacial score (nSPS) is 10.2. The van der Waals surface area contributed by atoms with E-state index in [-0.39, 0.29) is 11.6 Å². The van der Waals surface area contributed by atoms with E-state index >= 15 is 0 Å². The minimum atomic E-state index is 0.0881. The lowest BCUT2D eigenvalue weighted by atomic mass is 10.2. The van der Waals surface area contributed by atoms with Gasteiger partial charge in [0.1, 0.15) is 11.6 Å². The predicted octanol–water partition coefficient (Wildman–Crippen LogP) is 1.03. The van der Waals surface area contributed by atoms with Crippen molar-refractivity contribution in [1.29, 1.82) is 0 Å². The Morgan fingerprint density at radius 2 is 2.20 bits per heavy atom. The number of nitrogens with two attached hydrogens (primary N) is 1. The van der Waals surface area contributed by atoms with E-state index in [0.717, 1.165) is 0 Å². The van der Waals surface area contributed by atoms with Crippen LogP contribution in [0.2, 0.25) is 0 Å². The summed E-state index contributed by atoms with van der Waals surface area (Å²) in [6.07, 6.45) is 0.569. The van der Waals surface area contributed by atoms with E-state index in [1.165, 1.54) is 0 Å². The number of fused-ring (bicyclic) bond motifs is 1. The van der Waals surface area contributed by atoms with Gasteiger partial charge in [0.05, 0.1) is 12.6 Å². The molecule has 0 aliphatic rings. The van der Waals surface area contributed by atoms with E-state index < -0.39 is 0 Å². The minimum absolute atomic E-state index is 0.0881. The summed E-state index contributed by atoms with van der Waals surface area (Å²) in [6, 6.07) is 5.22. The van der Waals surface area contributed by atoms with Crippen LogP contribution in [0.1, 0.15) is 10.6 Å². The van der Waals surface area contributed by atoms with Gasteiger partial charge in [0.2, 0.25) is 0 Å². The van der Waals surface area contributed by atoms with Gasteiger partial charge in [0.15, 0.2) is 12.1 Å². The van der Waals surface area contributed by atoms with Crippen LogP contribution in [-0.2, 0) is 0 Å². The maximum Gasteiger partial charge on any atom is 0.195 e.